The highest BCUT2D eigenvalue weighted by Gasteiger charge is 2.12. The first-order valence-corrected chi connectivity index (χ1v) is 9.91. The molecule has 3 rings (SSSR count). The number of ether oxygens (including phenoxy) is 1. The van der Waals surface area contributed by atoms with E-state index in [2.05, 4.69) is 21.5 Å². The second-order valence-electron chi connectivity index (χ2n) is 6.00. The van der Waals surface area contributed by atoms with Crippen LogP contribution in [0, 0.1) is 18.8 Å². The van der Waals surface area contributed by atoms with Crippen molar-refractivity contribution in [2.45, 2.75) is 11.8 Å². The van der Waals surface area contributed by atoms with Crippen molar-refractivity contribution in [1.82, 2.24) is 0 Å². The maximum absolute atomic E-state index is 12.2. The Morgan fingerprint density at radius 2 is 1.32 bits per heavy atom. The molecule has 0 radical (unpaired) electrons. The van der Waals surface area contributed by atoms with Crippen LogP contribution in [0.15, 0.2) is 87.3 Å². The normalized spacial score (nSPS) is 11.1. The first-order valence-electron chi connectivity index (χ1n) is 8.47. The van der Waals surface area contributed by atoms with Crippen molar-refractivity contribution in [2.75, 3.05) is 7.11 Å². The van der Waals surface area contributed by atoms with Crippen LogP contribution in [0.4, 0.5) is 5.69 Å². The number of rotatable bonds is 4. The zero-order valence-corrected chi connectivity index (χ0v) is 16.3. The molecule has 0 fully saturated rings. The van der Waals surface area contributed by atoms with Crippen LogP contribution in [-0.2, 0) is 10.0 Å². The smallest absolute Gasteiger partial charge is 0.299 e. The van der Waals surface area contributed by atoms with Gasteiger partial charge in [-0.2, -0.15) is 8.42 Å². The van der Waals surface area contributed by atoms with Crippen LogP contribution in [0.1, 0.15) is 16.7 Å². The molecule has 0 saturated carbocycles. The van der Waals surface area contributed by atoms with Crippen LogP contribution in [0.5, 0.6) is 5.75 Å². The van der Waals surface area contributed by atoms with Crippen molar-refractivity contribution < 1.29 is 13.2 Å². The molecule has 0 aliphatic heterocycles. The Kier molecular flexibility index (Phi) is 5.87. The Morgan fingerprint density at radius 1 is 0.786 bits per heavy atom. The van der Waals surface area contributed by atoms with E-state index in [0.717, 1.165) is 22.4 Å². The van der Waals surface area contributed by atoms with E-state index in [1.54, 1.807) is 43.5 Å². The predicted octanol–water partition coefficient (Wildman–Crippen LogP) is 4.88. The van der Waals surface area contributed by atoms with E-state index in [1.807, 2.05) is 31.2 Å². The van der Waals surface area contributed by atoms with E-state index in [-0.39, 0.29) is 4.90 Å². The fourth-order valence-electron chi connectivity index (χ4n) is 2.29. The molecule has 0 amide bonds. The van der Waals surface area contributed by atoms with Gasteiger partial charge in [-0.3, -0.25) is 0 Å². The number of hydrogen-bond acceptors (Lipinski definition) is 4. The van der Waals surface area contributed by atoms with Crippen LogP contribution in [0.25, 0.3) is 0 Å². The SMILES string of the molecule is COc1ccc(C#Cc2ccc(N=NS(=O)(=O)c3ccc(C)cc3)cc2)cc1. The van der Waals surface area contributed by atoms with Crippen LogP contribution in [0.2, 0.25) is 0 Å². The first-order chi connectivity index (χ1) is 13.5. The van der Waals surface area contributed by atoms with Gasteiger partial charge in [-0.25, -0.2) is 0 Å². The largest absolute Gasteiger partial charge is 0.497 e. The van der Waals surface area contributed by atoms with Gasteiger partial charge in [0, 0.05) is 11.1 Å². The van der Waals surface area contributed by atoms with Crippen molar-refractivity contribution in [1.29, 1.82) is 0 Å². The monoisotopic (exact) mass is 390 g/mol. The predicted molar refractivity (Wildman–Crippen MR) is 108 cm³/mol. The minimum atomic E-state index is -3.82. The van der Waals surface area contributed by atoms with E-state index < -0.39 is 10.0 Å². The number of sulfonamides is 1. The molecular weight excluding hydrogens is 372 g/mol. The number of benzene rings is 3. The Bertz CT molecular complexity index is 1140. The highest BCUT2D eigenvalue weighted by molar-refractivity contribution is 7.90. The summed E-state index contributed by atoms with van der Waals surface area (Å²) in [5, 5.41) is 3.83. The standard InChI is InChI=1S/C22H18N2O3S/c1-17-3-15-22(16-4-17)28(25,26)24-23-20-11-7-18(8-12-20)5-6-19-9-13-21(27-2)14-10-19/h3-4,7-16H,1-2H3. The summed E-state index contributed by atoms with van der Waals surface area (Å²) in [4.78, 5) is 0.115. The summed E-state index contributed by atoms with van der Waals surface area (Å²) in [7, 11) is -2.20. The molecule has 3 aromatic carbocycles. The van der Waals surface area contributed by atoms with Crippen molar-refractivity contribution in [3.63, 3.8) is 0 Å². The minimum Gasteiger partial charge on any atom is -0.497 e. The summed E-state index contributed by atoms with van der Waals surface area (Å²) in [6, 6.07) is 20.8. The third kappa shape index (κ3) is 5.06. The lowest BCUT2D eigenvalue weighted by atomic mass is 10.1. The minimum absolute atomic E-state index is 0.115. The van der Waals surface area contributed by atoms with Gasteiger partial charge >= 0.3 is 0 Å². The van der Waals surface area contributed by atoms with E-state index in [4.69, 9.17) is 4.74 Å². The molecule has 5 nitrogen and oxygen atoms in total. The van der Waals surface area contributed by atoms with Crippen LogP contribution < -0.4 is 4.74 Å². The average Bonchev–Trinajstić information content (AvgIpc) is 2.72. The third-order valence-corrected chi connectivity index (χ3v) is 5.06. The molecule has 140 valence electrons. The van der Waals surface area contributed by atoms with Gasteiger partial charge in [0.05, 0.1) is 17.7 Å². The summed E-state index contributed by atoms with van der Waals surface area (Å²) < 4.78 is 33.0. The topological polar surface area (TPSA) is 68.1 Å². The van der Waals surface area contributed by atoms with E-state index >= 15 is 0 Å². The Morgan fingerprint density at radius 3 is 1.86 bits per heavy atom. The number of hydrogen-bond donors (Lipinski definition) is 0. The summed E-state index contributed by atoms with van der Waals surface area (Å²) in [5.74, 6) is 6.88. The molecule has 28 heavy (non-hydrogen) atoms. The van der Waals surface area contributed by atoms with Gasteiger partial charge in [0.25, 0.3) is 10.0 Å². The maximum atomic E-state index is 12.2. The van der Waals surface area contributed by atoms with Crippen molar-refractivity contribution in [2.24, 2.45) is 9.63 Å². The summed E-state index contributed by atoms with van der Waals surface area (Å²) in [5.41, 5.74) is 3.07. The van der Waals surface area contributed by atoms with E-state index in [1.165, 1.54) is 12.1 Å². The number of aryl methyl sites for hydroxylation is 1. The average molecular weight is 390 g/mol. The molecule has 3 aromatic rings. The van der Waals surface area contributed by atoms with E-state index in [0.29, 0.717) is 5.69 Å². The Balaban J connectivity index is 1.71. The summed E-state index contributed by atoms with van der Waals surface area (Å²) in [6.45, 7) is 1.89. The quantitative estimate of drug-likeness (QED) is 0.471. The van der Waals surface area contributed by atoms with Gasteiger partial charge < -0.3 is 4.74 Å². The summed E-state index contributed by atoms with van der Waals surface area (Å²) in [6.07, 6.45) is 0. The molecule has 6 heteroatoms. The molecule has 0 unspecified atom stereocenters. The molecule has 0 spiro atoms. The van der Waals surface area contributed by atoms with Gasteiger partial charge in [-0.1, -0.05) is 34.1 Å². The fourth-order valence-corrected chi connectivity index (χ4v) is 3.06. The molecule has 0 bridgehead atoms. The van der Waals surface area contributed by atoms with Crippen LogP contribution in [-0.4, -0.2) is 15.5 Å². The highest BCUT2D eigenvalue weighted by atomic mass is 32.2. The maximum Gasteiger partial charge on any atom is 0.299 e. The second-order valence-corrected chi connectivity index (χ2v) is 7.58. The molecule has 0 aliphatic carbocycles. The fraction of sp³-hybridized carbons (Fsp3) is 0.0909. The molecular formula is C22H18N2O3S. The number of methoxy groups -OCH3 is 1. The zero-order chi connectivity index (χ0) is 20.0. The molecule has 0 N–H and O–H groups in total. The molecule has 0 heterocycles. The third-order valence-electron chi connectivity index (χ3n) is 3.89. The lowest BCUT2D eigenvalue weighted by molar-refractivity contribution is 0.415. The first kappa shape index (κ1) is 19.3. The van der Waals surface area contributed by atoms with Gasteiger partial charge in [-0.15, -0.1) is 5.11 Å². The van der Waals surface area contributed by atoms with E-state index in [9.17, 15) is 8.42 Å². The Labute approximate surface area is 164 Å². The molecule has 0 atom stereocenters. The van der Waals surface area contributed by atoms with Gasteiger partial charge in [-0.05, 0) is 67.6 Å². The molecule has 0 aromatic heterocycles. The van der Waals surface area contributed by atoms with Crippen molar-refractivity contribution in [3.05, 3.63) is 89.5 Å². The van der Waals surface area contributed by atoms with Crippen LogP contribution in [0.3, 0.4) is 0 Å². The van der Waals surface area contributed by atoms with Crippen molar-refractivity contribution in [3.8, 4) is 17.6 Å². The van der Waals surface area contributed by atoms with Gasteiger partial charge in [0.1, 0.15) is 5.75 Å². The Hall–Kier alpha value is -3.43. The van der Waals surface area contributed by atoms with Gasteiger partial charge in [0.15, 0.2) is 0 Å². The highest BCUT2D eigenvalue weighted by Crippen LogP contribution is 2.18. The number of nitrogens with zero attached hydrogens (tertiary/aromatic N) is 2. The zero-order valence-electron chi connectivity index (χ0n) is 15.5. The van der Waals surface area contributed by atoms with Crippen LogP contribution >= 0.6 is 0 Å². The molecule has 0 aliphatic rings. The lowest BCUT2D eigenvalue weighted by Gasteiger charge is -1.98. The molecule has 0 saturated heterocycles. The second kappa shape index (κ2) is 8.51. The van der Waals surface area contributed by atoms with Gasteiger partial charge in [0.2, 0.25) is 0 Å². The summed E-state index contributed by atoms with van der Waals surface area (Å²) >= 11 is 0. The van der Waals surface area contributed by atoms with Crippen molar-refractivity contribution >= 4 is 15.7 Å². The lowest BCUT2D eigenvalue weighted by Crippen LogP contribution is -1.95.